The van der Waals surface area contributed by atoms with Gasteiger partial charge in [0.15, 0.2) is 11.5 Å². The molecule has 0 amide bonds. The van der Waals surface area contributed by atoms with Crippen molar-refractivity contribution in [2.24, 2.45) is 5.16 Å². The highest BCUT2D eigenvalue weighted by Gasteiger charge is 2.14. The van der Waals surface area contributed by atoms with Gasteiger partial charge in [0.1, 0.15) is 0 Å². The maximum Gasteiger partial charge on any atom is 0.168 e. The lowest BCUT2D eigenvalue weighted by Gasteiger charge is -2.10. The van der Waals surface area contributed by atoms with Gasteiger partial charge in [0.05, 0.1) is 18.4 Å². The van der Waals surface area contributed by atoms with Crippen LogP contribution in [0.3, 0.4) is 0 Å². The molecule has 0 aromatic heterocycles. The third kappa shape index (κ3) is 2.63. The SMILES string of the molecule is CCOc1cc(Br)c(Br)c(/C=N\O)c1O. The van der Waals surface area contributed by atoms with E-state index in [1.807, 2.05) is 6.92 Å². The van der Waals surface area contributed by atoms with Crippen molar-refractivity contribution in [3.8, 4) is 11.5 Å². The number of phenols is 1. The number of benzene rings is 1. The summed E-state index contributed by atoms with van der Waals surface area (Å²) in [6.07, 6.45) is 1.13. The van der Waals surface area contributed by atoms with Crippen LogP contribution in [0.25, 0.3) is 0 Å². The molecule has 1 aromatic rings. The molecule has 0 atom stereocenters. The van der Waals surface area contributed by atoms with Gasteiger partial charge in [0, 0.05) is 8.95 Å². The molecule has 6 heteroatoms. The zero-order valence-corrected chi connectivity index (χ0v) is 11.0. The van der Waals surface area contributed by atoms with Gasteiger partial charge in [-0.3, -0.25) is 0 Å². The highest BCUT2D eigenvalue weighted by Crippen LogP contribution is 2.39. The van der Waals surface area contributed by atoms with Gasteiger partial charge >= 0.3 is 0 Å². The average molecular weight is 339 g/mol. The van der Waals surface area contributed by atoms with Crippen molar-refractivity contribution in [3.63, 3.8) is 0 Å². The third-order valence-corrected chi connectivity index (χ3v) is 3.69. The summed E-state index contributed by atoms with van der Waals surface area (Å²) < 4.78 is 6.52. The lowest BCUT2D eigenvalue weighted by atomic mass is 10.2. The molecule has 0 saturated heterocycles. The summed E-state index contributed by atoms with van der Waals surface area (Å²) in [6, 6.07) is 1.64. The lowest BCUT2D eigenvalue weighted by Crippen LogP contribution is -1.95. The molecule has 0 radical (unpaired) electrons. The van der Waals surface area contributed by atoms with Crippen LogP contribution in [0.1, 0.15) is 12.5 Å². The van der Waals surface area contributed by atoms with Crippen molar-refractivity contribution in [1.29, 1.82) is 0 Å². The maximum absolute atomic E-state index is 9.78. The van der Waals surface area contributed by atoms with Gasteiger partial charge < -0.3 is 15.1 Å². The Hall–Kier alpha value is -0.750. The lowest BCUT2D eigenvalue weighted by molar-refractivity contribution is 0.315. The molecule has 1 rings (SSSR count). The van der Waals surface area contributed by atoms with Crippen molar-refractivity contribution in [2.75, 3.05) is 6.61 Å². The number of hydrogen-bond donors (Lipinski definition) is 2. The maximum atomic E-state index is 9.78. The van der Waals surface area contributed by atoms with Gasteiger partial charge in [0.2, 0.25) is 0 Å². The third-order valence-electron chi connectivity index (χ3n) is 1.68. The van der Waals surface area contributed by atoms with Crippen LogP contribution in [0, 0.1) is 0 Å². The van der Waals surface area contributed by atoms with E-state index < -0.39 is 0 Å². The first-order valence-corrected chi connectivity index (χ1v) is 5.71. The van der Waals surface area contributed by atoms with Crippen LogP contribution in [-0.4, -0.2) is 23.1 Å². The van der Waals surface area contributed by atoms with Crippen LogP contribution < -0.4 is 4.74 Å². The van der Waals surface area contributed by atoms with E-state index in [1.165, 1.54) is 0 Å². The highest BCUT2D eigenvalue weighted by molar-refractivity contribution is 9.13. The number of oxime groups is 1. The van der Waals surface area contributed by atoms with E-state index in [0.717, 1.165) is 6.21 Å². The minimum absolute atomic E-state index is 0.0651. The Bertz CT molecular complexity index is 393. The molecule has 0 bridgehead atoms. The molecule has 0 fully saturated rings. The standard InChI is InChI=1S/C9H9Br2NO3/c1-2-15-7-3-6(10)8(11)5(4-12-14)9(7)13/h3-4,13-14H,2H2,1H3/b12-4-. The van der Waals surface area contributed by atoms with E-state index >= 15 is 0 Å². The molecule has 1 aromatic carbocycles. The van der Waals surface area contributed by atoms with Crippen molar-refractivity contribution in [1.82, 2.24) is 0 Å². The molecular formula is C9H9Br2NO3. The number of hydrogen-bond acceptors (Lipinski definition) is 4. The Balaban J connectivity index is 3.34. The Kier molecular flexibility index (Phi) is 4.41. The fourth-order valence-electron chi connectivity index (χ4n) is 1.05. The number of rotatable bonds is 3. The summed E-state index contributed by atoms with van der Waals surface area (Å²) in [5, 5.41) is 21.1. The largest absolute Gasteiger partial charge is 0.504 e. The molecule has 0 unspecified atom stereocenters. The van der Waals surface area contributed by atoms with Gasteiger partial charge in [0.25, 0.3) is 0 Å². The molecule has 0 spiro atoms. The summed E-state index contributed by atoms with van der Waals surface area (Å²) in [5.41, 5.74) is 0.357. The van der Waals surface area contributed by atoms with Crippen LogP contribution in [0.2, 0.25) is 0 Å². The van der Waals surface area contributed by atoms with Crippen LogP contribution in [0.15, 0.2) is 20.2 Å². The molecule has 82 valence electrons. The minimum Gasteiger partial charge on any atom is -0.504 e. The van der Waals surface area contributed by atoms with Crippen LogP contribution in [-0.2, 0) is 0 Å². The summed E-state index contributed by atoms with van der Waals surface area (Å²) >= 11 is 6.54. The van der Waals surface area contributed by atoms with Crippen LogP contribution in [0.4, 0.5) is 0 Å². The van der Waals surface area contributed by atoms with Gasteiger partial charge in [-0.1, -0.05) is 5.16 Å². The minimum atomic E-state index is -0.0651. The second-order valence-corrected chi connectivity index (χ2v) is 4.26. The van der Waals surface area contributed by atoms with E-state index in [1.54, 1.807) is 6.07 Å². The molecule has 0 aliphatic carbocycles. The fourth-order valence-corrected chi connectivity index (χ4v) is 1.88. The monoisotopic (exact) mass is 337 g/mol. The summed E-state index contributed by atoms with van der Waals surface area (Å²) in [6.45, 7) is 2.26. The highest BCUT2D eigenvalue weighted by atomic mass is 79.9. The molecule has 0 aliphatic heterocycles. The van der Waals surface area contributed by atoms with E-state index in [4.69, 9.17) is 9.94 Å². The van der Waals surface area contributed by atoms with Crippen molar-refractivity contribution < 1.29 is 15.1 Å². The number of halogens is 2. The predicted octanol–water partition coefficient (Wildman–Crippen LogP) is 3.12. The zero-order valence-electron chi connectivity index (χ0n) is 7.87. The second kappa shape index (κ2) is 5.37. The van der Waals surface area contributed by atoms with Crippen molar-refractivity contribution in [2.45, 2.75) is 6.92 Å². The first-order valence-electron chi connectivity index (χ1n) is 4.13. The normalized spacial score (nSPS) is 10.9. The van der Waals surface area contributed by atoms with E-state index in [2.05, 4.69) is 37.0 Å². The van der Waals surface area contributed by atoms with Gasteiger partial charge in [-0.15, -0.1) is 0 Å². The van der Waals surface area contributed by atoms with Crippen molar-refractivity contribution in [3.05, 3.63) is 20.6 Å². The first kappa shape index (κ1) is 12.3. The Morgan fingerprint density at radius 1 is 1.53 bits per heavy atom. The topological polar surface area (TPSA) is 62.0 Å². The fraction of sp³-hybridized carbons (Fsp3) is 0.222. The Morgan fingerprint density at radius 3 is 2.73 bits per heavy atom. The number of nitrogens with zero attached hydrogens (tertiary/aromatic N) is 1. The number of aromatic hydroxyl groups is 1. The molecule has 0 aliphatic rings. The Morgan fingerprint density at radius 2 is 2.20 bits per heavy atom. The molecule has 15 heavy (non-hydrogen) atoms. The van der Waals surface area contributed by atoms with Crippen LogP contribution in [0.5, 0.6) is 11.5 Å². The number of phenolic OH excluding ortho intramolecular Hbond substituents is 1. The molecule has 4 nitrogen and oxygen atoms in total. The van der Waals surface area contributed by atoms with Crippen molar-refractivity contribution >= 4 is 38.1 Å². The number of ether oxygens (including phenoxy) is 1. The molecule has 2 N–H and O–H groups in total. The summed E-state index contributed by atoms with van der Waals surface area (Å²) in [4.78, 5) is 0. The van der Waals surface area contributed by atoms with Crippen LogP contribution >= 0.6 is 31.9 Å². The Labute approximate surface area is 104 Å². The van der Waals surface area contributed by atoms with Gasteiger partial charge in [-0.05, 0) is 44.8 Å². The first-order chi connectivity index (χ1) is 7.11. The zero-order chi connectivity index (χ0) is 11.4. The summed E-state index contributed by atoms with van der Waals surface area (Å²) in [7, 11) is 0. The molecule has 0 heterocycles. The smallest absolute Gasteiger partial charge is 0.168 e. The quantitative estimate of drug-likeness (QED) is 0.505. The van der Waals surface area contributed by atoms with E-state index in [9.17, 15) is 5.11 Å². The van der Waals surface area contributed by atoms with Gasteiger partial charge in [-0.2, -0.15) is 0 Å². The predicted molar refractivity (Wildman–Crippen MR) is 64.1 cm³/mol. The van der Waals surface area contributed by atoms with Gasteiger partial charge in [-0.25, -0.2) is 0 Å². The second-order valence-electron chi connectivity index (χ2n) is 2.61. The van der Waals surface area contributed by atoms with E-state index in [0.29, 0.717) is 26.9 Å². The van der Waals surface area contributed by atoms with E-state index in [-0.39, 0.29) is 5.75 Å². The average Bonchev–Trinajstić information content (AvgIpc) is 2.21. The summed E-state index contributed by atoms with van der Waals surface area (Å²) in [5.74, 6) is 0.271. The molecular weight excluding hydrogens is 330 g/mol. The molecule has 0 saturated carbocycles.